The van der Waals surface area contributed by atoms with Crippen LogP contribution in [0.3, 0.4) is 0 Å². The molecule has 0 saturated carbocycles. The Hall–Kier alpha value is -4.07. The lowest BCUT2D eigenvalue weighted by Crippen LogP contribution is -2.33. The van der Waals surface area contributed by atoms with Crippen LogP contribution in [0.2, 0.25) is 0 Å². The molecule has 8 heteroatoms. The molecule has 2 N–H and O–H groups in total. The Morgan fingerprint density at radius 1 is 0.909 bits per heavy atom. The molecule has 170 valence electrons. The van der Waals surface area contributed by atoms with Crippen LogP contribution in [0.1, 0.15) is 35.4 Å². The molecule has 0 saturated heterocycles. The van der Waals surface area contributed by atoms with Crippen molar-refractivity contribution in [1.82, 2.24) is 5.01 Å². The lowest BCUT2D eigenvalue weighted by molar-refractivity contribution is -0.0210. The highest BCUT2D eigenvalue weighted by atomic mass is 16.5. The van der Waals surface area contributed by atoms with Crippen molar-refractivity contribution in [3.8, 4) is 34.5 Å². The van der Waals surface area contributed by atoms with Crippen molar-refractivity contribution < 1.29 is 29.2 Å². The standard InChI is InChI=1S/C25H24N2O6/c1-30-15-8-9-20(28)17(12-15)18-13-19-16-5-4-6-23(32-3)24(16)33-25(27(19)26-18)14-7-10-22(31-2)21(29)11-14/h4-12,19,25,28-29H,13H2,1-3H3/t19-,25-/m0/s1. The number of ether oxygens (including phenoxy) is 4. The number of hydrogen-bond acceptors (Lipinski definition) is 8. The first-order chi connectivity index (χ1) is 16.0. The molecule has 33 heavy (non-hydrogen) atoms. The summed E-state index contributed by atoms with van der Waals surface area (Å²) in [5.41, 5.74) is 2.95. The van der Waals surface area contributed by atoms with Crippen LogP contribution in [0.4, 0.5) is 0 Å². The zero-order valence-electron chi connectivity index (χ0n) is 18.5. The van der Waals surface area contributed by atoms with Crippen LogP contribution in [0.15, 0.2) is 59.7 Å². The molecular weight excluding hydrogens is 424 g/mol. The number of para-hydroxylation sites is 1. The predicted molar refractivity (Wildman–Crippen MR) is 121 cm³/mol. The summed E-state index contributed by atoms with van der Waals surface area (Å²) >= 11 is 0. The smallest absolute Gasteiger partial charge is 0.214 e. The average Bonchev–Trinajstić information content (AvgIpc) is 3.29. The third-order valence-electron chi connectivity index (χ3n) is 6.00. The molecule has 0 aromatic heterocycles. The molecule has 2 aliphatic rings. The van der Waals surface area contributed by atoms with E-state index in [1.807, 2.05) is 29.3 Å². The summed E-state index contributed by atoms with van der Waals surface area (Å²) in [4.78, 5) is 0. The van der Waals surface area contributed by atoms with Crippen molar-refractivity contribution in [1.29, 1.82) is 0 Å². The number of hydrazone groups is 1. The SMILES string of the molecule is COc1ccc(O)c(C2=NN3[C@@H](C2)c2cccc(OC)c2O[C@H]3c2ccc(OC)c(O)c2)c1. The summed E-state index contributed by atoms with van der Waals surface area (Å²) in [6.45, 7) is 0. The van der Waals surface area contributed by atoms with Gasteiger partial charge >= 0.3 is 0 Å². The minimum absolute atomic E-state index is 0.00909. The molecule has 2 atom stereocenters. The number of phenolic OH excluding ortho intramolecular Hbond substituents is 2. The maximum atomic E-state index is 10.5. The first kappa shape index (κ1) is 20.8. The van der Waals surface area contributed by atoms with Crippen LogP contribution >= 0.6 is 0 Å². The van der Waals surface area contributed by atoms with Gasteiger partial charge < -0.3 is 29.2 Å². The van der Waals surface area contributed by atoms with Crippen LogP contribution in [0.5, 0.6) is 34.5 Å². The highest BCUT2D eigenvalue weighted by molar-refractivity contribution is 6.04. The largest absolute Gasteiger partial charge is 0.507 e. The fourth-order valence-electron chi connectivity index (χ4n) is 4.36. The molecule has 3 aromatic carbocycles. The Bertz CT molecular complexity index is 1240. The molecule has 0 bridgehead atoms. The van der Waals surface area contributed by atoms with Gasteiger partial charge in [-0.1, -0.05) is 12.1 Å². The number of benzene rings is 3. The minimum atomic E-state index is -0.624. The van der Waals surface area contributed by atoms with E-state index in [9.17, 15) is 10.2 Å². The van der Waals surface area contributed by atoms with Gasteiger partial charge in [0.05, 0.1) is 33.1 Å². The third-order valence-corrected chi connectivity index (χ3v) is 6.00. The molecule has 5 rings (SSSR count). The van der Waals surface area contributed by atoms with Gasteiger partial charge in [-0.15, -0.1) is 0 Å². The van der Waals surface area contributed by atoms with Crippen LogP contribution in [0, 0.1) is 0 Å². The number of methoxy groups -OCH3 is 3. The van der Waals surface area contributed by atoms with E-state index >= 15 is 0 Å². The normalized spacial score (nSPS) is 18.6. The highest BCUT2D eigenvalue weighted by Crippen LogP contribution is 2.51. The summed E-state index contributed by atoms with van der Waals surface area (Å²) in [5.74, 6) is 2.39. The number of nitrogens with zero attached hydrogens (tertiary/aromatic N) is 2. The Kier molecular flexibility index (Phi) is 5.12. The molecule has 2 heterocycles. The fraction of sp³-hybridized carbons (Fsp3) is 0.240. The van der Waals surface area contributed by atoms with Gasteiger partial charge in [-0.25, -0.2) is 5.01 Å². The second kappa shape index (κ2) is 8.12. The van der Waals surface area contributed by atoms with Gasteiger partial charge in [0.25, 0.3) is 0 Å². The van der Waals surface area contributed by atoms with E-state index in [0.717, 1.165) is 5.56 Å². The van der Waals surface area contributed by atoms with Crippen LogP contribution in [-0.2, 0) is 0 Å². The summed E-state index contributed by atoms with van der Waals surface area (Å²) in [6, 6.07) is 15.8. The maximum absolute atomic E-state index is 10.5. The monoisotopic (exact) mass is 448 g/mol. The lowest BCUT2D eigenvalue weighted by Gasteiger charge is -2.38. The number of phenols is 2. The highest BCUT2D eigenvalue weighted by Gasteiger charge is 2.42. The third kappa shape index (κ3) is 3.44. The minimum Gasteiger partial charge on any atom is -0.507 e. The van der Waals surface area contributed by atoms with Gasteiger partial charge in [-0.2, -0.15) is 5.10 Å². The van der Waals surface area contributed by atoms with E-state index in [-0.39, 0.29) is 17.5 Å². The molecule has 2 aliphatic heterocycles. The topological polar surface area (TPSA) is 93.0 Å². The van der Waals surface area contributed by atoms with E-state index in [1.165, 1.54) is 7.11 Å². The Labute approximate surface area is 191 Å². The van der Waals surface area contributed by atoms with Crippen molar-refractivity contribution in [2.45, 2.75) is 18.7 Å². The van der Waals surface area contributed by atoms with Crippen molar-refractivity contribution >= 4 is 5.71 Å². The van der Waals surface area contributed by atoms with E-state index in [0.29, 0.717) is 46.3 Å². The molecule has 0 spiro atoms. The molecule has 0 unspecified atom stereocenters. The average molecular weight is 448 g/mol. The summed E-state index contributed by atoms with van der Waals surface area (Å²) in [7, 11) is 4.68. The zero-order valence-corrected chi connectivity index (χ0v) is 18.5. The van der Waals surface area contributed by atoms with Crippen LogP contribution in [-0.4, -0.2) is 42.3 Å². The molecule has 0 amide bonds. The van der Waals surface area contributed by atoms with Gasteiger partial charge in [-0.3, -0.25) is 0 Å². The number of aromatic hydroxyl groups is 2. The van der Waals surface area contributed by atoms with E-state index in [1.54, 1.807) is 44.6 Å². The molecule has 8 nitrogen and oxygen atoms in total. The molecular formula is C25H24N2O6. The Balaban J connectivity index is 1.63. The molecule has 3 aromatic rings. The van der Waals surface area contributed by atoms with E-state index in [4.69, 9.17) is 24.0 Å². The Morgan fingerprint density at radius 3 is 2.45 bits per heavy atom. The Morgan fingerprint density at radius 2 is 1.73 bits per heavy atom. The van der Waals surface area contributed by atoms with Crippen molar-refractivity contribution in [2.24, 2.45) is 5.10 Å². The molecule has 0 radical (unpaired) electrons. The maximum Gasteiger partial charge on any atom is 0.214 e. The van der Waals surface area contributed by atoms with E-state index in [2.05, 4.69) is 0 Å². The van der Waals surface area contributed by atoms with Crippen molar-refractivity contribution in [3.05, 3.63) is 71.3 Å². The number of hydrogen-bond donors (Lipinski definition) is 2. The molecule has 0 fully saturated rings. The van der Waals surface area contributed by atoms with Gasteiger partial charge in [0.2, 0.25) is 6.23 Å². The van der Waals surface area contributed by atoms with Gasteiger partial charge in [0.15, 0.2) is 23.0 Å². The summed E-state index contributed by atoms with van der Waals surface area (Å²) < 4.78 is 22.5. The first-order valence-corrected chi connectivity index (χ1v) is 10.5. The second-order valence-electron chi connectivity index (χ2n) is 7.81. The lowest BCUT2D eigenvalue weighted by atomic mass is 9.95. The summed E-state index contributed by atoms with van der Waals surface area (Å²) in [6.07, 6.45) is -0.0797. The quantitative estimate of drug-likeness (QED) is 0.599. The summed E-state index contributed by atoms with van der Waals surface area (Å²) in [5, 5.41) is 27.6. The first-order valence-electron chi connectivity index (χ1n) is 10.5. The van der Waals surface area contributed by atoms with Crippen molar-refractivity contribution in [3.63, 3.8) is 0 Å². The van der Waals surface area contributed by atoms with Crippen LogP contribution < -0.4 is 18.9 Å². The second-order valence-corrected chi connectivity index (χ2v) is 7.81. The van der Waals surface area contributed by atoms with Crippen molar-refractivity contribution in [2.75, 3.05) is 21.3 Å². The van der Waals surface area contributed by atoms with Gasteiger partial charge in [-0.05, 0) is 42.5 Å². The fourth-order valence-corrected chi connectivity index (χ4v) is 4.36. The molecule has 0 aliphatic carbocycles. The number of fused-ring (bicyclic) bond motifs is 3. The van der Waals surface area contributed by atoms with E-state index < -0.39 is 6.23 Å². The van der Waals surface area contributed by atoms with Gasteiger partial charge in [0.1, 0.15) is 11.5 Å². The van der Waals surface area contributed by atoms with Gasteiger partial charge in [0, 0.05) is 23.1 Å². The predicted octanol–water partition coefficient (Wildman–Crippen LogP) is 4.37. The van der Waals surface area contributed by atoms with Crippen LogP contribution in [0.25, 0.3) is 0 Å². The number of rotatable bonds is 5. The zero-order chi connectivity index (χ0) is 23.1.